The number of nitrogens with two attached hydrogens (primary N) is 1. The molecular formula is C13H18N2O3S. The van der Waals surface area contributed by atoms with Crippen molar-refractivity contribution in [3.05, 3.63) is 29.3 Å². The average molecular weight is 282 g/mol. The van der Waals surface area contributed by atoms with Crippen LogP contribution in [0.1, 0.15) is 24.5 Å². The van der Waals surface area contributed by atoms with Crippen LogP contribution in [0.15, 0.2) is 18.2 Å². The fourth-order valence-corrected chi connectivity index (χ4v) is 2.63. The summed E-state index contributed by atoms with van der Waals surface area (Å²) in [6.07, 6.45) is 0.660. The van der Waals surface area contributed by atoms with Crippen LogP contribution in [0, 0.1) is 24.2 Å². The zero-order valence-electron chi connectivity index (χ0n) is 11.1. The Morgan fingerprint density at radius 3 is 2.68 bits per heavy atom. The summed E-state index contributed by atoms with van der Waals surface area (Å²) in [5.74, 6) is 0.354. The molecule has 0 fully saturated rings. The highest BCUT2D eigenvalue weighted by Gasteiger charge is 2.15. The number of aryl methyl sites for hydroxylation is 1. The van der Waals surface area contributed by atoms with E-state index in [4.69, 9.17) is 15.1 Å². The molecule has 0 amide bonds. The topological polar surface area (TPSA) is 93.2 Å². The van der Waals surface area contributed by atoms with E-state index in [1.54, 1.807) is 18.2 Å². The van der Waals surface area contributed by atoms with Gasteiger partial charge in [-0.1, -0.05) is 13.0 Å². The highest BCUT2D eigenvalue weighted by atomic mass is 32.2. The number of nitriles is 1. The van der Waals surface area contributed by atoms with Gasteiger partial charge in [0.05, 0.1) is 24.0 Å². The quantitative estimate of drug-likeness (QED) is 0.856. The van der Waals surface area contributed by atoms with Gasteiger partial charge in [-0.2, -0.15) is 5.26 Å². The molecule has 1 aromatic rings. The van der Waals surface area contributed by atoms with E-state index in [0.717, 1.165) is 5.56 Å². The molecule has 0 heterocycles. The smallest absolute Gasteiger partial charge is 0.209 e. The predicted octanol–water partition coefficient (Wildman–Crippen LogP) is 1.56. The number of nitrogens with zero attached hydrogens (tertiary/aromatic N) is 1. The van der Waals surface area contributed by atoms with Crippen molar-refractivity contribution < 1.29 is 13.2 Å². The first-order valence-electron chi connectivity index (χ1n) is 5.99. The molecule has 6 heteroatoms. The number of hydrogen-bond acceptors (Lipinski definition) is 4. The van der Waals surface area contributed by atoms with Gasteiger partial charge in [0.1, 0.15) is 5.75 Å². The second-order valence-corrected chi connectivity index (χ2v) is 6.17. The van der Waals surface area contributed by atoms with E-state index < -0.39 is 10.0 Å². The molecule has 0 saturated carbocycles. The summed E-state index contributed by atoms with van der Waals surface area (Å²) in [6.45, 7) is 4.03. The number of hydrogen-bond donors (Lipinski definition) is 1. The Labute approximate surface area is 114 Å². The molecular weight excluding hydrogens is 264 g/mol. The summed E-state index contributed by atoms with van der Waals surface area (Å²) in [6, 6.07) is 7.20. The van der Waals surface area contributed by atoms with Crippen molar-refractivity contribution in [3.63, 3.8) is 0 Å². The molecule has 5 nitrogen and oxygen atoms in total. The van der Waals surface area contributed by atoms with Crippen molar-refractivity contribution >= 4 is 10.0 Å². The lowest BCUT2D eigenvalue weighted by Gasteiger charge is -2.16. The normalized spacial score (nSPS) is 12.7. The largest absolute Gasteiger partial charge is 0.493 e. The third kappa shape index (κ3) is 5.28. The van der Waals surface area contributed by atoms with Gasteiger partial charge in [-0.25, -0.2) is 13.6 Å². The second kappa shape index (κ2) is 6.55. The van der Waals surface area contributed by atoms with Gasteiger partial charge >= 0.3 is 0 Å². The van der Waals surface area contributed by atoms with Crippen molar-refractivity contribution in [1.82, 2.24) is 0 Å². The lowest BCUT2D eigenvalue weighted by atomic mass is 10.1. The third-order valence-corrected chi connectivity index (χ3v) is 3.77. The number of rotatable bonds is 6. The first-order chi connectivity index (χ1) is 8.85. The molecule has 0 aliphatic heterocycles. The van der Waals surface area contributed by atoms with E-state index >= 15 is 0 Å². The molecule has 0 aromatic heterocycles. The molecule has 19 heavy (non-hydrogen) atoms. The van der Waals surface area contributed by atoms with Crippen LogP contribution in [-0.2, 0) is 10.0 Å². The van der Waals surface area contributed by atoms with Crippen LogP contribution in [0.3, 0.4) is 0 Å². The van der Waals surface area contributed by atoms with Gasteiger partial charge in [0, 0.05) is 5.92 Å². The predicted molar refractivity (Wildman–Crippen MR) is 73.1 cm³/mol. The molecule has 1 rings (SSSR count). The third-order valence-electron chi connectivity index (χ3n) is 2.84. The lowest BCUT2D eigenvalue weighted by molar-refractivity contribution is 0.256. The number of primary sulfonamides is 1. The fourth-order valence-electron chi connectivity index (χ4n) is 1.65. The summed E-state index contributed by atoms with van der Waals surface area (Å²) < 4.78 is 27.7. The van der Waals surface area contributed by atoms with E-state index in [9.17, 15) is 8.42 Å². The van der Waals surface area contributed by atoms with Crippen LogP contribution in [0.5, 0.6) is 5.75 Å². The number of sulfonamides is 1. The Hall–Kier alpha value is -1.58. The number of benzene rings is 1. The Bertz CT molecular complexity index is 576. The maximum absolute atomic E-state index is 11.1. The lowest BCUT2D eigenvalue weighted by Crippen LogP contribution is -2.26. The first kappa shape index (κ1) is 15.5. The van der Waals surface area contributed by atoms with E-state index in [1.807, 2.05) is 19.9 Å². The minimum Gasteiger partial charge on any atom is -0.493 e. The van der Waals surface area contributed by atoms with Gasteiger partial charge in [-0.05, 0) is 31.0 Å². The van der Waals surface area contributed by atoms with Crippen molar-refractivity contribution in [3.8, 4) is 11.8 Å². The summed E-state index contributed by atoms with van der Waals surface area (Å²) in [5.41, 5.74) is 1.42. The SMILES string of the molecule is CCC(COc1cc(C#N)ccc1C)CS(N)(=O)=O. The molecule has 0 aliphatic carbocycles. The number of ether oxygens (including phenoxy) is 1. The van der Waals surface area contributed by atoms with E-state index in [1.165, 1.54) is 0 Å². The van der Waals surface area contributed by atoms with Crippen molar-refractivity contribution in [2.75, 3.05) is 12.4 Å². The molecule has 1 atom stereocenters. The van der Waals surface area contributed by atoms with Gasteiger partial charge in [0.2, 0.25) is 10.0 Å². The minimum absolute atomic E-state index is 0.0967. The van der Waals surface area contributed by atoms with Gasteiger partial charge in [-0.3, -0.25) is 0 Å². The molecule has 0 saturated heterocycles. The first-order valence-corrected chi connectivity index (χ1v) is 7.71. The molecule has 1 aromatic carbocycles. The molecule has 104 valence electrons. The van der Waals surface area contributed by atoms with Crippen LogP contribution in [0.4, 0.5) is 0 Å². The second-order valence-electron chi connectivity index (χ2n) is 4.51. The summed E-state index contributed by atoms with van der Waals surface area (Å²) in [4.78, 5) is 0. The molecule has 2 N–H and O–H groups in total. The van der Waals surface area contributed by atoms with Gasteiger partial charge in [-0.15, -0.1) is 0 Å². The fraction of sp³-hybridized carbons (Fsp3) is 0.462. The zero-order chi connectivity index (χ0) is 14.5. The zero-order valence-corrected chi connectivity index (χ0v) is 11.9. The van der Waals surface area contributed by atoms with E-state index in [2.05, 4.69) is 0 Å². The molecule has 0 bridgehead atoms. The van der Waals surface area contributed by atoms with Crippen LogP contribution in [0.2, 0.25) is 0 Å². The average Bonchev–Trinajstić information content (AvgIpc) is 2.34. The Morgan fingerprint density at radius 1 is 1.47 bits per heavy atom. The van der Waals surface area contributed by atoms with E-state index in [-0.39, 0.29) is 18.3 Å². The Kier molecular flexibility index (Phi) is 5.33. The molecule has 0 aliphatic rings. The van der Waals surface area contributed by atoms with Gasteiger partial charge < -0.3 is 4.74 Å². The van der Waals surface area contributed by atoms with Crippen LogP contribution in [-0.4, -0.2) is 20.8 Å². The van der Waals surface area contributed by atoms with Gasteiger partial charge in [0.15, 0.2) is 0 Å². The Morgan fingerprint density at radius 2 is 2.16 bits per heavy atom. The van der Waals surface area contributed by atoms with Crippen molar-refractivity contribution in [1.29, 1.82) is 5.26 Å². The summed E-state index contributed by atoms with van der Waals surface area (Å²) >= 11 is 0. The van der Waals surface area contributed by atoms with Crippen molar-refractivity contribution in [2.45, 2.75) is 20.3 Å². The molecule has 1 unspecified atom stereocenters. The van der Waals surface area contributed by atoms with Crippen LogP contribution < -0.4 is 9.88 Å². The Balaban J connectivity index is 2.72. The summed E-state index contributed by atoms with van der Waals surface area (Å²) in [5, 5.41) is 13.9. The monoisotopic (exact) mass is 282 g/mol. The standard InChI is InChI=1S/C13H18N2O3S/c1-3-11(9-19(15,16)17)8-18-13-6-12(7-14)5-4-10(13)2/h4-6,11H,3,8-9H2,1-2H3,(H2,15,16,17). The molecule has 0 radical (unpaired) electrons. The van der Waals surface area contributed by atoms with Crippen LogP contribution in [0.25, 0.3) is 0 Å². The minimum atomic E-state index is -3.50. The molecule has 0 spiro atoms. The highest BCUT2D eigenvalue weighted by Crippen LogP contribution is 2.20. The van der Waals surface area contributed by atoms with Gasteiger partial charge in [0.25, 0.3) is 0 Å². The highest BCUT2D eigenvalue weighted by molar-refractivity contribution is 7.89. The summed E-state index contributed by atoms with van der Waals surface area (Å²) in [7, 11) is -3.50. The maximum atomic E-state index is 11.1. The van der Waals surface area contributed by atoms with Crippen LogP contribution >= 0.6 is 0 Å². The maximum Gasteiger partial charge on any atom is 0.209 e. The van der Waals surface area contributed by atoms with E-state index in [0.29, 0.717) is 17.7 Å². The van der Waals surface area contributed by atoms with Crippen molar-refractivity contribution in [2.24, 2.45) is 11.1 Å².